The van der Waals surface area contributed by atoms with Crippen LogP contribution in [0, 0.1) is 0 Å². The van der Waals surface area contributed by atoms with Crippen molar-refractivity contribution in [3.63, 3.8) is 0 Å². The largest absolute Gasteiger partial charge is 0.326 e. The minimum atomic E-state index is -3.53. The van der Waals surface area contributed by atoms with Crippen molar-refractivity contribution in [1.82, 2.24) is 4.31 Å². The molecule has 138 valence electrons. The number of nitrogens with zero attached hydrogens (tertiary/aromatic N) is 1. The molecule has 0 radical (unpaired) electrons. The number of carbonyl (C=O) groups excluding carboxylic acids is 1. The van der Waals surface area contributed by atoms with E-state index >= 15 is 0 Å². The standard InChI is InChI=1S/C18H18Cl2N2O3S/c19-16-7-4-8-17(20)15(16)12-18(23)21-13-5-3-6-14(11-13)26(24,25)22-9-1-2-10-22/h3-8,11H,1-2,9-10,12H2,(H,21,23). The molecule has 26 heavy (non-hydrogen) atoms. The van der Waals surface area contributed by atoms with E-state index in [1.165, 1.54) is 16.4 Å². The zero-order valence-corrected chi connectivity index (χ0v) is 16.2. The monoisotopic (exact) mass is 412 g/mol. The van der Waals surface area contributed by atoms with Crippen LogP contribution in [0.5, 0.6) is 0 Å². The second kappa shape index (κ2) is 7.96. The lowest BCUT2D eigenvalue weighted by Gasteiger charge is -2.16. The number of hydrogen-bond acceptors (Lipinski definition) is 3. The summed E-state index contributed by atoms with van der Waals surface area (Å²) in [5, 5.41) is 3.54. The number of carbonyl (C=O) groups is 1. The summed E-state index contributed by atoms with van der Waals surface area (Å²) in [7, 11) is -3.53. The Morgan fingerprint density at radius 2 is 1.65 bits per heavy atom. The van der Waals surface area contributed by atoms with E-state index in [1.54, 1.807) is 30.3 Å². The molecule has 0 aliphatic carbocycles. The lowest BCUT2D eigenvalue weighted by molar-refractivity contribution is -0.115. The third kappa shape index (κ3) is 4.20. The van der Waals surface area contributed by atoms with Crippen LogP contribution in [0.4, 0.5) is 5.69 Å². The molecular formula is C18H18Cl2N2O3S. The SMILES string of the molecule is O=C(Cc1c(Cl)cccc1Cl)Nc1cccc(S(=O)(=O)N2CCCC2)c1. The van der Waals surface area contributed by atoms with E-state index in [2.05, 4.69) is 5.32 Å². The summed E-state index contributed by atoms with van der Waals surface area (Å²) in [6, 6.07) is 11.3. The molecule has 0 aromatic heterocycles. The summed E-state index contributed by atoms with van der Waals surface area (Å²) in [6.07, 6.45) is 1.74. The van der Waals surface area contributed by atoms with Gasteiger partial charge in [0.25, 0.3) is 0 Å². The first-order chi connectivity index (χ1) is 12.4. The fourth-order valence-electron chi connectivity index (χ4n) is 2.88. The number of nitrogens with one attached hydrogen (secondary N) is 1. The Labute approximate surface area is 163 Å². The fourth-order valence-corrected chi connectivity index (χ4v) is 4.97. The topological polar surface area (TPSA) is 66.5 Å². The van der Waals surface area contributed by atoms with E-state index in [4.69, 9.17) is 23.2 Å². The fraction of sp³-hybridized carbons (Fsp3) is 0.278. The van der Waals surface area contributed by atoms with Crippen molar-refractivity contribution < 1.29 is 13.2 Å². The maximum Gasteiger partial charge on any atom is 0.243 e. The van der Waals surface area contributed by atoms with Gasteiger partial charge in [0.15, 0.2) is 0 Å². The maximum atomic E-state index is 12.6. The normalized spacial score (nSPS) is 15.2. The first-order valence-corrected chi connectivity index (χ1v) is 10.4. The first-order valence-electron chi connectivity index (χ1n) is 8.21. The van der Waals surface area contributed by atoms with E-state index in [-0.39, 0.29) is 17.2 Å². The molecule has 5 nitrogen and oxygen atoms in total. The summed E-state index contributed by atoms with van der Waals surface area (Å²) in [4.78, 5) is 12.5. The highest BCUT2D eigenvalue weighted by Crippen LogP contribution is 2.26. The van der Waals surface area contributed by atoms with Crippen LogP contribution in [0.15, 0.2) is 47.4 Å². The summed E-state index contributed by atoms with van der Waals surface area (Å²) in [6.45, 7) is 1.06. The van der Waals surface area contributed by atoms with Crippen LogP contribution < -0.4 is 5.32 Å². The third-order valence-corrected chi connectivity index (χ3v) is 6.82. The molecule has 1 fully saturated rings. The number of halogens is 2. The highest BCUT2D eigenvalue weighted by atomic mass is 35.5. The van der Waals surface area contributed by atoms with Crippen LogP contribution in [-0.2, 0) is 21.2 Å². The average Bonchev–Trinajstić information content (AvgIpc) is 3.14. The van der Waals surface area contributed by atoms with Gasteiger partial charge in [0.1, 0.15) is 0 Å². The Kier molecular flexibility index (Phi) is 5.87. The number of benzene rings is 2. The summed E-state index contributed by atoms with van der Waals surface area (Å²) in [5.41, 5.74) is 0.952. The molecule has 1 aliphatic heterocycles. The Balaban J connectivity index is 1.75. The van der Waals surface area contributed by atoms with E-state index < -0.39 is 10.0 Å². The van der Waals surface area contributed by atoms with Gasteiger partial charge in [0, 0.05) is 28.8 Å². The molecule has 0 bridgehead atoms. The van der Waals surface area contributed by atoms with E-state index in [9.17, 15) is 13.2 Å². The van der Waals surface area contributed by atoms with Gasteiger partial charge in [-0.25, -0.2) is 8.42 Å². The predicted octanol–water partition coefficient (Wildman–Crippen LogP) is 3.96. The number of anilines is 1. The maximum absolute atomic E-state index is 12.6. The molecule has 1 heterocycles. The highest BCUT2D eigenvalue weighted by Gasteiger charge is 2.27. The second-order valence-electron chi connectivity index (χ2n) is 6.06. The quantitative estimate of drug-likeness (QED) is 0.807. The first kappa shape index (κ1) is 19.2. The molecule has 3 rings (SSSR count). The second-order valence-corrected chi connectivity index (χ2v) is 8.82. The highest BCUT2D eigenvalue weighted by molar-refractivity contribution is 7.89. The van der Waals surface area contributed by atoms with Crippen molar-refractivity contribution >= 4 is 44.8 Å². The number of rotatable bonds is 5. The zero-order chi connectivity index (χ0) is 18.7. The van der Waals surface area contributed by atoms with Gasteiger partial charge < -0.3 is 5.32 Å². The lowest BCUT2D eigenvalue weighted by Crippen LogP contribution is -2.28. The van der Waals surface area contributed by atoms with Crippen molar-refractivity contribution in [2.45, 2.75) is 24.2 Å². The molecule has 2 aromatic rings. The summed E-state index contributed by atoms with van der Waals surface area (Å²) < 4.78 is 26.7. The number of hydrogen-bond donors (Lipinski definition) is 1. The van der Waals surface area contributed by atoms with Gasteiger partial charge in [-0.15, -0.1) is 0 Å². The Bertz CT molecular complexity index is 906. The van der Waals surface area contributed by atoms with Gasteiger partial charge in [-0.1, -0.05) is 35.3 Å². The Morgan fingerprint density at radius 1 is 1.04 bits per heavy atom. The Hall–Kier alpha value is -1.60. The van der Waals surface area contributed by atoms with Crippen LogP contribution in [0.3, 0.4) is 0 Å². The van der Waals surface area contributed by atoms with Gasteiger partial charge in [0.05, 0.1) is 11.3 Å². The van der Waals surface area contributed by atoms with E-state index in [1.807, 2.05) is 0 Å². The average molecular weight is 413 g/mol. The number of sulfonamides is 1. The van der Waals surface area contributed by atoms with E-state index in [0.29, 0.717) is 34.4 Å². The predicted molar refractivity (Wildman–Crippen MR) is 103 cm³/mol. The smallest absolute Gasteiger partial charge is 0.243 e. The van der Waals surface area contributed by atoms with Gasteiger partial charge in [-0.3, -0.25) is 4.79 Å². The van der Waals surface area contributed by atoms with Crippen LogP contribution in [0.2, 0.25) is 10.0 Å². The molecule has 8 heteroatoms. The lowest BCUT2D eigenvalue weighted by atomic mass is 10.1. The molecule has 0 atom stereocenters. The van der Waals surface area contributed by atoms with Crippen molar-refractivity contribution in [3.05, 3.63) is 58.1 Å². The minimum absolute atomic E-state index is 0.00160. The van der Waals surface area contributed by atoms with E-state index in [0.717, 1.165) is 12.8 Å². The molecule has 0 saturated carbocycles. The molecule has 1 saturated heterocycles. The van der Waals surface area contributed by atoms with Crippen molar-refractivity contribution in [1.29, 1.82) is 0 Å². The van der Waals surface area contributed by atoms with Crippen LogP contribution in [0.25, 0.3) is 0 Å². The molecule has 0 spiro atoms. The Morgan fingerprint density at radius 3 is 2.31 bits per heavy atom. The van der Waals surface area contributed by atoms with Gasteiger partial charge >= 0.3 is 0 Å². The summed E-state index contributed by atoms with van der Waals surface area (Å²) in [5.74, 6) is -0.323. The zero-order valence-electron chi connectivity index (χ0n) is 13.9. The molecular weight excluding hydrogens is 395 g/mol. The van der Waals surface area contributed by atoms with Crippen molar-refractivity contribution in [2.75, 3.05) is 18.4 Å². The molecule has 0 unspecified atom stereocenters. The summed E-state index contributed by atoms with van der Waals surface area (Å²) >= 11 is 12.2. The molecule has 2 aromatic carbocycles. The third-order valence-electron chi connectivity index (χ3n) is 4.22. The van der Waals surface area contributed by atoms with Gasteiger partial charge in [0.2, 0.25) is 15.9 Å². The van der Waals surface area contributed by atoms with Crippen LogP contribution >= 0.6 is 23.2 Å². The molecule has 1 N–H and O–H groups in total. The van der Waals surface area contributed by atoms with Crippen LogP contribution in [-0.4, -0.2) is 31.7 Å². The van der Waals surface area contributed by atoms with Gasteiger partial charge in [-0.05, 0) is 48.7 Å². The van der Waals surface area contributed by atoms with Crippen LogP contribution in [0.1, 0.15) is 18.4 Å². The molecule has 1 aliphatic rings. The van der Waals surface area contributed by atoms with Crippen molar-refractivity contribution in [3.8, 4) is 0 Å². The van der Waals surface area contributed by atoms with Gasteiger partial charge in [-0.2, -0.15) is 4.31 Å². The minimum Gasteiger partial charge on any atom is -0.326 e. The number of amides is 1. The van der Waals surface area contributed by atoms with Crippen molar-refractivity contribution in [2.24, 2.45) is 0 Å². The molecule has 1 amide bonds.